The molecule has 1 unspecified atom stereocenters. The third-order valence-electron chi connectivity index (χ3n) is 4.11. The maximum absolute atomic E-state index is 13.4. The van der Waals surface area contributed by atoms with Crippen LogP contribution in [0.1, 0.15) is 19.3 Å². The summed E-state index contributed by atoms with van der Waals surface area (Å²) in [6.07, 6.45) is 3.59. The molecule has 1 saturated heterocycles. The summed E-state index contributed by atoms with van der Waals surface area (Å²) in [5.41, 5.74) is 6.52. The molecule has 2 aliphatic rings. The molecule has 1 aromatic rings. The van der Waals surface area contributed by atoms with Gasteiger partial charge in [0.2, 0.25) is 0 Å². The van der Waals surface area contributed by atoms with Gasteiger partial charge in [0, 0.05) is 36.4 Å². The quantitative estimate of drug-likeness (QED) is 0.892. The second-order valence-corrected chi connectivity index (χ2v) is 6.16. The monoisotopic (exact) mass is 283 g/mol. The highest BCUT2D eigenvalue weighted by atomic mass is 35.5. The van der Waals surface area contributed by atoms with Crippen LogP contribution in [0.5, 0.6) is 0 Å². The Kier molecular flexibility index (Phi) is 3.41. The van der Waals surface area contributed by atoms with Crippen molar-refractivity contribution in [3.05, 3.63) is 29.0 Å². The van der Waals surface area contributed by atoms with Crippen molar-refractivity contribution in [2.45, 2.75) is 30.8 Å². The van der Waals surface area contributed by atoms with Crippen LogP contribution in [0.4, 0.5) is 10.1 Å². The average Bonchev–Trinajstić information content (AvgIpc) is 3.11. The zero-order chi connectivity index (χ0) is 13.5. The highest BCUT2D eigenvalue weighted by Gasteiger charge is 2.42. The van der Waals surface area contributed by atoms with E-state index in [0.29, 0.717) is 17.3 Å². The topological polar surface area (TPSA) is 41.3 Å². The Labute approximate surface area is 117 Å². The van der Waals surface area contributed by atoms with Gasteiger partial charge in [0.15, 0.2) is 0 Å². The standard InChI is InChI=1S/C14H19ClFN3/c15-10-5-11(16)7-12(6-10)18-14(8-17)3-4-19(9-14)13-1-2-13/h5-7,13,18H,1-4,8-9,17H2. The van der Waals surface area contributed by atoms with Gasteiger partial charge in [-0.1, -0.05) is 11.6 Å². The van der Waals surface area contributed by atoms with E-state index in [2.05, 4.69) is 10.2 Å². The van der Waals surface area contributed by atoms with Crippen LogP contribution in [0.2, 0.25) is 5.02 Å². The van der Waals surface area contributed by atoms with Crippen LogP contribution in [-0.2, 0) is 0 Å². The van der Waals surface area contributed by atoms with Crippen molar-refractivity contribution in [2.75, 3.05) is 25.0 Å². The number of nitrogens with one attached hydrogen (secondary N) is 1. The molecule has 104 valence electrons. The third-order valence-corrected chi connectivity index (χ3v) is 4.33. The molecule has 2 fully saturated rings. The molecule has 1 aliphatic heterocycles. The molecule has 1 heterocycles. The second-order valence-electron chi connectivity index (χ2n) is 5.72. The molecule has 0 radical (unpaired) electrons. The van der Waals surface area contributed by atoms with Crippen molar-refractivity contribution in [1.29, 1.82) is 0 Å². The van der Waals surface area contributed by atoms with Crippen LogP contribution in [0, 0.1) is 5.82 Å². The maximum Gasteiger partial charge on any atom is 0.126 e. The summed E-state index contributed by atoms with van der Waals surface area (Å²) < 4.78 is 13.4. The summed E-state index contributed by atoms with van der Waals surface area (Å²) in [4.78, 5) is 2.49. The molecule has 0 bridgehead atoms. The van der Waals surface area contributed by atoms with Gasteiger partial charge in [0.05, 0.1) is 5.54 Å². The van der Waals surface area contributed by atoms with Crippen molar-refractivity contribution in [1.82, 2.24) is 4.90 Å². The molecule has 0 amide bonds. The fourth-order valence-electron chi connectivity index (χ4n) is 2.91. The number of anilines is 1. The molecule has 1 aromatic carbocycles. The summed E-state index contributed by atoms with van der Waals surface area (Å²) in [6.45, 7) is 2.55. The Morgan fingerprint density at radius 2 is 2.21 bits per heavy atom. The highest BCUT2D eigenvalue weighted by Crippen LogP contribution is 2.35. The summed E-state index contributed by atoms with van der Waals surface area (Å²) in [5.74, 6) is -0.320. The minimum absolute atomic E-state index is 0.153. The zero-order valence-corrected chi connectivity index (χ0v) is 11.6. The summed E-state index contributed by atoms with van der Waals surface area (Å²) >= 11 is 5.89. The van der Waals surface area contributed by atoms with Gasteiger partial charge >= 0.3 is 0 Å². The minimum Gasteiger partial charge on any atom is -0.377 e. The van der Waals surface area contributed by atoms with Gasteiger partial charge in [-0.15, -0.1) is 0 Å². The van der Waals surface area contributed by atoms with E-state index >= 15 is 0 Å². The average molecular weight is 284 g/mol. The van der Waals surface area contributed by atoms with Crippen LogP contribution in [-0.4, -0.2) is 36.1 Å². The lowest BCUT2D eigenvalue weighted by Crippen LogP contribution is -2.48. The van der Waals surface area contributed by atoms with Crippen molar-refractivity contribution in [3.8, 4) is 0 Å². The fraction of sp³-hybridized carbons (Fsp3) is 0.571. The van der Waals surface area contributed by atoms with Crippen molar-refractivity contribution < 1.29 is 4.39 Å². The summed E-state index contributed by atoms with van der Waals surface area (Å²) in [6, 6.07) is 5.28. The van der Waals surface area contributed by atoms with Crippen LogP contribution in [0.15, 0.2) is 18.2 Å². The molecule has 0 spiro atoms. The number of hydrogen-bond acceptors (Lipinski definition) is 3. The number of rotatable bonds is 4. The molecule has 1 saturated carbocycles. The van der Waals surface area contributed by atoms with E-state index in [0.717, 1.165) is 25.6 Å². The normalized spacial score (nSPS) is 27.7. The van der Waals surface area contributed by atoms with Crippen molar-refractivity contribution in [3.63, 3.8) is 0 Å². The highest BCUT2D eigenvalue weighted by molar-refractivity contribution is 6.30. The molecular weight excluding hydrogens is 265 g/mol. The van der Waals surface area contributed by atoms with E-state index < -0.39 is 0 Å². The first-order valence-corrected chi connectivity index (χ1v) is 7.16. The molecular formula is C14H19ClFN3. The lowest BCUT2D eigenvalue weighted by atomic mass is 9.98. The van der Waals surface area contributed by atoms with Gasteiger partial charge in [-0.2, -0.15) is 0 Å². The van der Waals surface area contributed by atoms with E-state index in [1.807, 2.05) is 0 Å². The first-order chi connectivity index (χ1) is 9.10. The second kappa shape index (κ2) is 4.93. The van der Waals surface area contributed by atoms with Crippen molar-refractivity contribution >= 4 is 17.3 Å². The number of hydrogen-bond donors (Lipinski definition) is 2. The lowest BCUT2D eigenvalue weighted by Gasteiger charge is -2.30. The first-order valence-electron chi connectivity index (χ1n) is 6.79. The molecule has 5 heteroatoms. The summed E-state index contributed by atoms with van der Waals surface area (Å²) in [7, 11) is 0. The third kappa shape index (κ3) is 2.86. The predicted octanol–water partition coefficient (Wildman–Crippen LogP) is 2.46. The van der Waals surface area contributed by atoms with Crippen LogP contribution in [0.25, 0.3) is 0 Å². The van der Waals surface area contributed by atoms with E-state index in [4.69, 9.17) is 17.3 Å². The Morgan fingerprint density at radius 1 is 1.42 bits per heavy atom. The Morgan fingerprint density at radius 3 is 2.84 bits per heavy atom. The lowest BCUT2D eigenvalue weighted by molar-refractivity contribution is 0.309. The maximum atomic E-state index is 13.4. The van der Waals surface area contributed by atoms with Gasteiger partial charge in [0.1, 0.15) is 5.82 Å². The zero-order valence-electron chi connectivity index (χ0n) is 10.8. The Bertz CT molecular complexity index is 458. The Balaban J connectivity index is 1.75. The van der Waals surface area contributed by atoms with Gasteiger partial charge in [-0.3, -0.25) is 4.90 Å². The Hall–Kier alpha value is -0.840. The molecule has 0 aromatic heterocycles. The van der Waals surface area contributed by atoms with Gasteiger partial charge in [0.25, 0.3) is 0 Å². The number of likely N-dealkylation sites (tertiary alicyclic amines) is 1. The van der Waals surface area contributed by atoms with Crippen LogP contribution < -0.4 is 11.1 Å². The van der Waals surface area contributed by atoms with E-state index in [1.54, 1.807) is 6.07 Å². The summed E-state index contributed by atoms with van der Waals surface area (Å²) in [5, 5.41) is 3.82. The smallest absolute Gasteiger partial charge is 0.126 e. The van der Waals surface area contributed by atoms with E-state index in [1.165, 1.54) is 25.0 Å². The number of halogens is 2. The largest absolute Gasteiger partial charge is 0.377 e. The molecule has 3 nitrogen and oxygen atoms in total. The van der Waals surface area contributed by atoms with E-state index in [-0.39, 0.29) is 11.4 Å². The SMILES string of the molecule is NCC1(Nc2cc(F)cc(Cl)c2)CCN(C2CC2)C1. The number of nitrogens with two attached hydrogens (primary N) is 1. The predicted molar refractivity (Wildman–Crippen MR) is 76.0 cm³/mol. The van der Waals surface area contributed by atoms with Crippen LogP contribution >= 0.6 is 11.6 Å². The van der Waals surface area contributed by atoms with Gasteiger partial charge in [-0.05, 0) is 37.5 Å². The molecule has 3 rings (SSSR count). The molecule has 3 N–H and O–H groups in total. The number of benzene rings is 1. The van der Waals surface area contributed by atoms with Gasteiger partial charge < -0.3 is 11.1 Å². The van der Waals surface area contributed by atoms with Crippen LogP contribution in [0.3, 0.4) is 0 Å². The molecule has 1 aliphatic carbocycles. The van der Waals surface area contributed by atoms with Gasteiger partial charge in [-0.25, -0.2) is 4.39 Å². The van der Waals surface area contributed by atoms with E-state index in [9.17, 15) is 4.39 Å². The minimum atomic E-state index is -0.320. The fourth-order valence-corrected chi connectivity index (χ4v) is 3.13. The number of nitrogens with zero attached hydrogens (tertiary/aromatic N) is 1. The van der Waals surface area contributed by atoms with Crippen molar-refractivity contribution in [2.24, 2.45) is 5.73 Å². The molecule has 19 heavy (non-hydrogen) atoms. The first kappa shape index (κ1) is 13.2. The molecule has 1 atom stereocenters.